The lowest BCUT2D eigenvalue weighted by molar-refractivity contribution is -0.139. The van der Waals surface area contributed by atoms with E-state index in [-0.39, 0.29) is 33.0 Å². The Balaban J connectivity index is 1.59. The zero-order valence-corrected chi connectivity index (χ0v) is 16.7. The number of hydrogen-bond acceptors (Lipinski definition) is 7. The van der Waals surface area contributed by atoms with Crippen molar-refractivity contribution in [3.05, 3.63) is 42.5 Å². The van der Waals surface area contributed by atoms with E-state index in [1.165, 1.54) is 0 Å². The Hall–Kier alpha value is -2.38. The highest BCUT2D eigenvalue weighted by molar-refractivity contribution is 5.89. The molecule has 0 bridgehead atoms. The Bertz CT molecular complexity index is 633. The van der Waals surface area contributed by atoms with E-state index in [0.717, 1.165) is 37.5 Å². The second kappa shape index (κ2) is 13.0. The van der Waals surface area contributed by atoms with Gasteiger partial charge in [-0.2, -0.15) is 0 Å². The topological polar surface area (TPSA) is 91.3 Å². The van der Waals surface area contributed by atoms with E-state index in [0.29, 0.717) is 24.0 Å². The maximum atomic E-state index is 12.0. The molecule has 0 heterocycles. The molecule has 7 nitrogen and oxygen atoms in total. The maximum absolute atomic E-state index is 12.0. The molecule has 0 amide bonds. The number of carbonyl (C=O) groups excluding carboxylic acids is 2. The van der Waals surface area contributed by atoms with E-state index < -0.39 is 11.9 Å². The largest absolute Gasteiger partial charge is 0.493 e. The van der Waals surface area contributed by atoms with Crippen LogP contribution in [0.2, 0.25) is 0 Å². The summed E-state index contributed by atoms with van der Waals surface area (Å²) in [6.07, 6.45) is 5.35. The first-order chi connectivity index (χ1) is 14.1. The standard InChI is InChI=1S/C22H30O7/c1-2-21(24)27-13-11-26-12-14-28-22(25)19-7-9-20(10-8-19)29-16-18-5-3-17(15-23)4-6-18/h2,7-10,17-18,23H,1,3-6,11-16H2. The van der Waals surface area contributed by atoms with E-state index in [1.54, 1.807) is 24.3 Å². The monoisotopic (exact) mass is 406 g/mol. The molecule has 0 aliphatic heterocycles. The number of esters is 2. The van der Waals surface area contributed by atoms with Crippen molar-refractivity contribution in [2.24, 2.45) is 11.8 Å². The Kier molecular flexibility index (Phi) is 10.2. The highest BCUT2D eigenvalue weighted by Gasteiger charge is 2.21. The Morgan fingerprint density at radius 1 is 0.966 bits per heavy atom. The average molecular weight is 406 g/mol. The lowest BCUT2D eigenvalue weighted by atomic mass is 9.83. The quantitative estimate of drug-likeness (QED) is 0.324. The molecule has 160 valence electrons. The first kappa shape index (κ1) is 22.9. The Morgan fingerprint density at radius 3 is 2.21 bits per heavy atom. The third-order valence-electron chi connectivity index (χ3n) is 4.90. The van der Waals surface area contributed by atoms with Gasteiger partial charge in [-0.15, -0.1) is 0 Å². The Morgan fingerprint density at radius 2 is 1.59 bits per heavy atom. The molecule has 0 unspecified atom stereocenters. The molecule has 0 spiro atoms. The molecule has 1 fully saturated rings. The summed E-state index contributed by atoms with van der Waals surface area (Å²) < 4.78 is 20.9. The molecule has 7 heteroatoms. The van der Waals surface area contributed by atoms with Crippen molar-refractivity contribution in [3.8, 4) is 5.75 Å². The van der Waals surface area contributed by atoms with E-state index in [9.17, 15) is 14.7 Å². The molecule has 1 aromatic carbocycles. The second-order valence-corrected chi connectivity index (χ2v) is 7.02. The lowest BCUT2D eigenvalue weighted by Gasteiger charge is -2.27. The molecule has 29 heavy (non-hydrogen) atoms. The van der Waals surface area contributed by atoms with E-state index >= 15 is 0 Å². The molecule has 0 atom stereocenters. The van der Waals surface area contributed by atoms with Gasteiger partial charge < -0.3 is 24.1 Å². The van der Waals surface area contributed by atoms with E-state index in [2.05, 4.69) is 6.58 Å². The summed E-state index contributed by atoms with van der Waals surface area (Å²) in [5, 5.41) is 9.19. The summed E-state index contributed by atoms with van der Waals surface area (Å²) >= 11 is 0. The molecule has 1 aliphatic carbocycles. The van der Waals surface area contributed by atoms with Gasteiger partial charge in [-0.25, -0.2) is 9.59 Å². The summed E-state index contributed by atoms with van der Waals surface area (Å²) in [6.45, 7) is 4.91. The van der Waals surface area contributed by atoms with Gasteiger partial charge in [0.25, 0.3) is 0 Å². The van der Waals surface area contributed by atoms with Crippen LogP contribution in [0.25, 0.3) is 0 Å². The van der Waals surface area contributed by atoms with E-state index in [4.69, 9.17) is 18.9 Å². The molecule has 0 saturated heterocycles. The number of aliphatic hydroxyl groups excluding tert-OH is 1. The minimum Gasteiger partial charge on any atom is -0.493 e. The molecule has 0 aromatic heterocycles. The second-order valence-electron chi connectivity index (χ2n) is 7.02. The highest BCUT2D eigenvalue weighted by atomic mass is 16.6. The molecule has 2 rings (SSSR count). The Labute approximate surface area is 171 Å². The smallest absolute Gasteiger partial charge is 0.338 e. The van der Waals surface area contributed by atoms with Crippen LogP contribution in [0.4, 0.5) is 0 Å². The lowest BCUT2D eigenvalue weighted by Crippen LogP contribution is -2.21. The molecule has 1 aliphatic rings. The predicted molar refractivity (Wildman–Crippen MR) is 107 cm³/mol. The number of carbonyl (C=O) groups is 2. The van der Waals surface area contributed by atoms with Crippen LogP contribution in [0.3, 0.4) is 0 Å². The number of aliphatic hydroxyl groups is 1. The minimum atomic E-state index is -0.499. The predicted octanol–water partition coefficient (Wildman–Crippen LogP) is 2.77. The van der Waals surface area contributed by atoms with Crippen LogP contribution in [-0.4, -0.2) is 56.7 Å². The zero-order valence-electron chi connectivity index (χ0n) is 16.7. The summed E-state index contributed by atoms with van der Waals surface area (Å²) in [6, 6.07) is 6.88. The fourth-order valence-corrected chi connectivity index (χ4v) is 3.12. The van der Waals surface area contributed by atoms with Crippen LogP contribution in [0.5, 0.6) is 5.75 Å². The van der Waals surface area contributed by atoms with Crippen molar-refractivity contribution in [2.75, 3.05) is 39.6 Å². The fraction of sp³-hybridized carbons (Fsp3) is 0.545. The first-order valence-electron chi connectivity index (χ1n) is 10.00. The molecule has 1 aromatic rings. The SMILES string of the molecule is C=CC(=O)OCCOCCOC(=O)c1ccc(OCC2CCC(CO)CC2)cc1. The number of ether oxygens (including phenoxy) is 4. The van der Waals surface area contributed by atoms with Gasteiger partial charge in [0, 0.05) is 12.7 Å². The zero-order chi connectivity index (χ0) is 20.9. The van der Waals surface area contributed by atoms with Gasteiger partial charge in [0.15, 0.2) is 0 Å². The summed E-state index contributed by atoms with van der Waals surface area (Å²) in [4.78, 5) is 22.9. The van der Waals surface area contributed by atoms with Crippen molar-refractivity contribution in [1.29, 1.82) is 0 Å². The molecular weight excluding hydrogens is 376 g/mol. The van der Waals surface area contributed by atoms with Crippen molar-refractivity contribution >= 4 is 11.9 Å². The number of benzene rings is 1. The van der Waals surface area contributed by atoms with Crippen molar-refractivity contribution < 1.29 is 33.6 Å². The minimum absolute atomic E-state index is 0.114. The average Bonchev–Trinajstić information content (AvgIpc) is 2.77. The van der Waals surface area contributed by atoms with Crippen LogP contribution in [0.15, 0.2) is 36.9 Å². The van der Waals surface area contributed by atoms with Gasteiger partial charge in [-0.05, 0) is 61.8 Å². The maximum Gasteiger partial charge on any atom is 0.338 e. The van der Waals surface area contributed by atoms with Crippen molar-refractivity contribution in [1.82, 2.24) is 0 Å². The van der Waals surface area contributed by atoms with Gasteiger partial charge in [-0.1, -0.05) is 6.58 Å². The van der Waals surface area contributed by atoms with Crippen molar-refractivity contribution in [3.63, 3.8) is 0 Å². The third-order valence-corrected chi connectivity index (χ3v) is 4.90. The van der Waals surface area contributed by atoms with Crippen LogP contribution >= 0.6 is 0 Å². The third kappa shape index (κ3) is 8.66. The molecular formula is C22H30O7. The molecule has 0 radical (unpaired) electrons. The fourth-order valence-electron chi connectivity index (χ4n) is 3.12. The van der Waals surface area contributed by atoms with Crippen LogP contribution in [0.1, 0.15) is 36.0 Å². The molecule has 1 saturated carbocycles. The summed E-state index contributed by atoms with van der Waals surface area (Å²) in [7, 11) is 0. The van der Waals surface area contributed by atoms with Gasteiger partial charge in [-0.3, -0.25) is 0 Å². The summed E-state index contributed by atoms with van der Waals surface area (Å²) in [5.74, 6) is 0.754. The first-order valence-corrected chi connectivity index (χ1v) is 10.00. The van der Waals surface area contributed by atoms with Crippen LogP contribution < -0.4 is 4.74 Å². The van der Waals surface area contributed by atoms with Gasteiger partial charge in [0.05, 0.1) is 25.4 Å². The van der Waals surface area contributed by atoms with Crippen LogP contribution in [-0.2, 0) is 19.0 Å². The van der Waals surface area contributed by atoms with Gasteiger partial charge in [0.2, 0.25) is 0 Å². The van der Waals surface area contributed by atoms with E-state index in [1.807, 2.05) is 0 Å². The van der Waals surface area contributed by atoms with Crippen molar-refractivity contribution in [2.45, 2.75) is 25.7 Å². The molecule has 1 N–H and O–H groups in total. The van der Waals surface area contributed by atoms with Gasteiger partial charge >= 0.3 is 11.9 Å². The van der Waals surface area contributed by atoms with Crippen LogP contribution in [0, 0.1) is 11.8 Å². The number of hydrogen-bond donors (Lipinski definition) is 1. The summed E-state index contributed by atoms with van der Waals surface area (Å²) in [5.41, 5.74) is 0.445. The normalized spacial score (nSPS) is 18.7. The number of rotatable bonds is 12. The highest BCUT2D eigenvalue weighted by Crippen LogP contribution is 2.29. The van der Waals surface area contributed by atoms with Gasteiger partial charge in [0.1, 0.15) is 19.0 Å².